The number of aryl methyl sites for hydroxylation is 1. The molecule has 1 atom stereocenters. The first-order valence-corrected chi connectivity index (χ1v) is 9.74. The lowest BCUT2D eigenvalue weighted by Gasteiger charge is -2.20. The highest BCUT2D eigenvalue weighted by atomic mass is 32.1. The van der Waals surface area contributed by atoms with Crippen LogP contribution in [0, 0.1) is 5.92 Å². The number of nitrogens with zero attached hydrogens (tertiary/aromatic N) is 4. The molecule has 1 aliphatic rings. The highest BCUT2D eigenvalue weighted by molar-refractivity contribution is 7.19. The zero-order valence-electron chi connectivity index (χ0n) is 15.5. The normalized spacial score (nSPS) is 17.6. The standard InChI is InChI=1S/C18H23N5O2S/c1-10-5-6-11-12(7-10)26-16-14(11)15-21-23(17(25)22(15)9-19-16)8-13(24)20-18(2,3)4/h9-10H,5-8H2,1-4H3,(H,20,24)/t10-/m0/s1. The summed E-state index contributed by atoms with van der Waals surface area (Å²) in [5, 5.41) is 8.33. The summed E-state index contributed by atoms with van der Waals surface area (Å²) >= 11 is 1.70. The van der Waals surface area contributed by atoms with Crippen LogP contribution in [-0.2, 0) is 24.2 Å². The smallest absolute Gasteiger partial charge is 0.350 e. The molecular formula is C18H23N5O2S. The van der Waals surface area contributed by atoms with Gasteiger partial charge in [0.1, 0.15) is 17.7 Å². The number of carbonyl (C=O) groups excluding carboxylic acids is 1. The van der Waals surface area contributed by atoms with Crippen molar-refractivity contribution in [2.75, 3.05) is 0 Å². The molecule has 0 aromatic carbocycles. The fourth-order valence-corrected chi connectivity index (χ4v) is 4.90. The topological polar surface area (TPSA) is 81.3 Å². The molecule has 3 heterocycles. The molecule has 0 fully saturated rings. The molecule has 0 bridgehead atoms. The van der Waals surface area contributed by atoms with Crippen molar-refractivity contribution < 1.29 is 4.79 Å². The zero-order valence-corrected chi connectivity index (χ0v) is 16.3. The molecule has 7 nitrogen and oxygen atoms in total. The summed E-state index contributed by atoms with van der Waals surface area (Å²) in [6, 6.07) is 0. The molecule has 0 aliphatic heterocycles. The van der Waals surface area contributed by atoms with Crippen LogP contribution in [0.25, 0.3) is 15.9 Å². The summed E-state index contributed by atoms with van der Waals surface area (Å²) < 4.78 is 2.69. The van der Waals surface area contributed by atoms with Crippen LogP contribution >= 0.6 is 11.3 Å². The van der Waals surface area contributed by atoms with Gasteiger partial charge in [-0.15, -0.1) is 16.4 Å². The number of carbonyl (C=O) groups is 1. The number of thiophene rings is 1. The van der Waals surface area contributed by atoms with Gasteiger partial charge in [0.2, 0.25) is 5.91 Å². The third-order valence-corrected chi connectivity index (χ3v) is 5.85. The Kier molecular flexibility index (Phi) is 3.91. The zero-order chi connectivity index (χ0) is 18.6. The predicted octanol–water partition coefficient (Wildman–Crippen LogP) is 2.15. The molecule has 0 unspecified atom stereocenters. The summed E-state index contributed by atoms with van der Waals surface area (Å²) in [4.78, 5) is 31.6. The van der Waals surface area contributed by atoms with Gasteiger partial charge in [-0.05, 0) is 51.5 Å². The number of aromatic nitrogens is 4. The molecule has 0 spiro atoms. The minimum atomic E-state index is -0.349. The molecule has 0 saturated heterocycles. The van der Waals surface area contributed by atoms with Crippen LogP contribution < -0.4 is 11.0 Å². The van der Waals surface area contributed by atoms with Gasteiger partial charge in [0.25, 0.3) is 0 Å². The number of fused-ring (bicyclic) bond motifs is 5. The molecule has 0 saturated carbocycles. The van der Waals surface area contributed by atoms with Gasteiger partial charge in [0.15, 0.2) is 5.65 Å². The number of hydrogen-bond acceptors (Lipinski definition) is 5. The fraction of sp³-hybridized carbons (Fsp3) is 0.556. The molecule has 3 aromatic rings. The third kappa shape index (κ3) is 2.92. The lowest BCUT2D eigenvalue weighted by Crippen LogP contribution is -2.43. The van der Waals surface area contributed by atoms with Crippen LogP contribution in [-0.4, -0.2) is 30.6 Å². The number of amides is 1. The summed E-state index contributed by atoms with van der Waals surface area (Å²) in [6.07, 6.45) is 4.71. The monoisotopic (exact) mass is 373 g/mol. The Hall–Kier alpha value is -2.22. The average Bonchev–Trinajstić information content (AvgIpc) is 3.03. The average molecular weight is 373 g/mol. The van der Waals surface area contributed by atoms with Crippen molar-refractivity contribution in [1.82, 2.24) is 24.5 Å². The van der Waals surface area contributed by atoms with Crippen LogP contribution in [0.2, 0.25) is 0 Å². The van der Waals surface area contributed by atoms with Crippen LogP contribution in [0.5, 0.6) is 0 Å². The molecule has 0 radical (unpaired) electrons. The van der Waals surface area contributed by atoms with Crippen molar-refractivity contribution in [3.8, 4) is 0 Å². The van der Waals surface area contributed by atoms with E-state index < -0.39 is 0 Å². The molecule has 1 N–H and O–H groups in total. The maximum absolute atomic E-state index is 12.7. The van der Waals surface area contributed by atoms with E-state index in [9.17, 15) is 9.59 Å². The molecule has 3 aromatic heterocycles. The predicted molar refractivity (Wildman–Crippen MR) is 102 cm³/mol. The Labute approximate surface area is 155 Å². The highest BCUT2D eigenvalue weighted by Gasteiger charge is 2.24. The second kappa shape index (κ2) is 5.90. The quantitative estimate of drug-likeness (QED) is 0.746. The van der Waals surface area contributed by atoms with Crippen molar-refractivity contribution in [2.24, 2.45) is 5.92 Å². The maximum atomic E-state index is 12.7. The van der Waals surface area contributed by atoms with E-state index in [1.807, 2.05) is 20.8 Å². The summed E-state index contributed by atoms with van der Waals surface area (Å²) in [5.74, 6) is 0.445. The lowest BCUT2D eigenvalue weighted by molar-refractivity contribution is -0.123. The second-order valence-corrected chi connectivity index (χ2v) is 9.29. The molecule has 138 valence electrons. The first-order valence-electron chi connectivity index (χ1n) is 8.92. The van der Waals surface area contributed by atoms with E-state index in [1.165, 1.54) is 25.9 Å². The number of nitrogens with one attached hydrogen (secondary N) is 1. The molecule has 1 amide bonds. The van der Waals surface area contributed by atoms with Gasteiger partial charge in [-0.2, -0.15) is 0 Å². The van der Waals surface area contributed by atoms with Crippen molar-refractivity contribution in [1.29, 1.82) is 0 Å². The van der Waals surface area contributed by atoms with Gasteiger partial charge >= 0.3 is 5.69 Å². The maximum Gasteiger partial charge on any atom is 0.352 e. The minimum Gasteiger partial charge on any atom is -0.350 e. The summed E-state index contributed by atoms with van der Waals surface area (Å²) in [5.41, 5.74) is 1.20. The lowest BCUT2D eigenvalue weighted by atomic mass is 9.89. The van der Waals surface area contributed by atoms with Crippen LogP contribution in [0.1, 0.15) is 44.6 Å². The third-order valence-electron chi connectivity index (χ3n) is 4.69. The first kappa shape index (κ1) is 17.2. The van der Waals surface area contributed by atoms with E-state index in [1.54, 1.807) is 11.3 Å². The Morgan fingerprint density at radius 3 is 2.92 bits per heavy atom. The molecule has 26 heavy (non-hydrogen) atoms. The Morgan fingerprint density at radius 2 is 2.19 bits per heavy atom. The van der Waals surface area contributed by atoms with Crippen LogP contribution in [0.3, 0.4) is 0 Å². The molecule has 1 aliphatic carbocycles. The Morgan fingerprint density at radius 1 is 1.42 bits per heavy atom. The van der Waals surface area contributed by atoms with E-state index in [4.69, 9.17) is 0 Å². The van der Waals surface area contributed by atoms with E-state index in [0.717, 1.165) is 29.5 Å². The molecular weight excluding hydrogens is 350 g/mol. The van der Waals surface area contributed by atoms with Gasteiger partial charge < -0.3 is 5.32 Å². The van der Waals surface area contributed by atoms with Crippen LogP contribution in [0.15, 0.2) is 11.1 Å². The van der Waals surface area contributed by atoms with E-state index in [0.29, 0.717) is 11.6 Å². The van der Waals surface area contributed by atoms with Gasteiger partial charge in [-0.3, -0.25) is 4.79 Å². The van der Waals surface area contributed by atoms with Crippen molar-refractivity contribution in [3.05, 3.63) is 27.3 Å². The number of hydrogen-bond donors (Lipinski definition) is 1. The highest BCUT2D eigenvalue weighted by Crippen LogP contribution is 2.38. The van der Waals surface area contributed by atoms with Gasteiger partial charge in [-0.1, -0.05) is 6.92 Å². The Bertz CT molecular complexity index is 1070. The van der Waals surface area contributed by atoms with Crippen molar-refractivity contribution >= 4 is 33.1 Å². The van der Waals surface area contributed by atoms with E-state index >= 15 is 0 Å². The number of rotatable bonds is 2. The van der Waals surface area contributed by atoms with Crippen molar-refractivity contribution in [2.45, 2.75) is 59.0 Å². The van der Waals surface area contributed by atoms with E-state index in [2.05, 4.69) is 22.3 Å². The molecule has 4 rings (SSSR count). The minimum absolute atomic E-state index is 0.0946. The molecule has 8 heteroatoms. The van der Waals surface area contributed by atoms with Crippen molar-refractivity contribution in [3.63, 3.8) is 0 Å². The van der Waals surface area contributed by atoms with E-state index in [-0.39, 0.29) is 23.7 Å². The second-order valence-electron chi connectivity index (χ2n) is 8.21. The van der Waals surface area contributed by atoms with Gasteiger partial charge in [-0.25, -0.2) is 18.9 Å². The summed E-state index contributed by atoms with van der Waals surface area (Å²) in [6.45, 7) is 7.89. The van der Waals surface area contributed by atoms with Gasteiger partial charge in [0, 0.05) is 10.4 Å². The summed E-state index contributed by atoms with van der Waals surface area (Å²) in [7, 11) is 0. The fourth-order valence-electron chi connectivity index (χ4n) is 3.56. The Balaban J connectivity index is 1.80. The first-order chi connectivity index (χ1) is 12.2. The van der Waals surface area contributed by atoms with Gasteiger partial charge in [0.05, 0.1) is 5.39 Å². The SMILES string of the molecule is C[C@H]1CCc2c(sc3ncn4c(=O)n(CC(=O)NC(C)(C)C)nc4c23)C1. The van der Waals surface area contributed by atoms with Crippen LogP contribution in [0.4, 0.5) is 0 Å². The largest absolute Gasteiger partial charge is 0.352 e.